The van der Waals surface area contributed by atoms with Crippen molar-refractivity contribution in [3.8, 4) is 11.1 Å². The molecule has 0 aromatic rings. The highest BCUT2D eigenvalue weighted by molar-refractivity contribution is 6.90. The summed E-state index contributed by atoms with van der Waals surface area (Å²) in [5, 5.41) is 0. The van der Waals surface area contributed by atoms with Gasteiger partial charge in [-0.15, -0.1) is 11.1 Å². The van der Waals surface area contributed by atoms with Crippen LogP contribution in [0.1, 0.15) is 32.1 Å². The molecule has 17 heavy (non-hydrogen) atoms. The summed E-state index contributed by atoms with van der Waals surface area (Å²) < 4.78 is 0. The molecule has 96 valence electrons. The predicted octanol–water partition coefficient (Wildman–Crippen LogP) is 5.01. The number of rotatable bonds is 1. The van der Waals surface area contributed by atoms with E-state index in [9.17, 15) is 0 Å². The van der Waals surface area contributed by atoms with Gasteiger partial charge in [0.25, 0.3) is 0 Å². The van der Waals surface area contributed by atoms with Crippen molar-refractivity contribution in [2.75, 3.05) is 0 Å². The summed E-state index contributed by atoms with van der Waals surface area (Å²) >= 11 is 0. The van der Waals surface area contributed by atoms with Crippen molar-refractivity contribution in [3.63, 3.8) is 0 Å². The molecule has 1 atom stereocenters. The van der Waals surface area contributed by atoms with Gasteiger partial charge in [0.05, 0.1) is 0 Å². The van der Waals surface area contributed by atoms with E-state index in [0.717, 1.165) is 5.54 Å². The summed E-state index contributed by atoms with van der Waals surface area (Å²) in [6, 6.07) is 0. The summed E-state index contributed by atoms with van der Waals surface area (Å²) in [4.78, 5) is 0. The Balaban J connectivity index is 2.73. The third kappa shape index (κ3) is 5.74. The molecule has 1 unspecified atom stereocenters. The van der Waals surface area contributed by atoms with Crippen molar-refractivity contribution in [1.29, 1.82) is 0 Å². The first-order valence-corrected chi connectivity index (χ1v) is 13.6. The van der Waals surface area contributed by atoms with E-state index in [1.165, 1.54) is 32.1 Å². The van der Waals surface area contributed by atoms with Crippen LogP contribution in [0.15, 0.2) is 12.2 Å². The number of hydrogen-bond acceptors (Lipinski definition) is 0. The van der Waals surface area contributed by atoms with Crippen LogP contribution >= 0.6 is 0 Å². The zero-order valence-electron chi connectivity index (χ0n) is 12.3. The minimum absolute atomic E-state index is 0.913. The summed E-state index contributed by atoms with van der Waals surface area (Å²) in [5.74, 6) is 0. The topological polar surface area (TPSA) is 0 Å². The zero-order chi connectivity index (χ0) is 12.9. The van der Waals surface area contributed by atoms with Crippen LogP contribution in [0, 0.1) is 11.1 Å². The molecule has 0 N–H and O–H groups in total. The van der Waals surface area contributed by atoms with Gasteiger partial charge in [0.15, 0.2) is 0 Å². The number of hydrogen-bond donors (Lipinski definition) is 0. The molecule has 0 bridgehead atoms. The molecule has 0 spiro atoms. The molecule has 0 radical (unpaired) electrons. The van der Waals surface area contributed by atoms with Gasteiger partial charge in [-0.3, -0.25) is 0 Å². The first kappa shape index (κ1) is 14.8. The Morgan fingerprint density at radius 1 is 0.882 bits per heavy atom. The van der Waals surface area contributed by atoms with Crippen LogP contribution < -0.4 is 0 Å². The van der Waals surface area contributed by atoms with Gasteiger partial charge in [-0.1, -0.05) is 51.3 Å². The fraction of sp³-hybridized carbons (Fsp3) is 0.733. The fourth-order valence-electron chi connectivity index (χ4n) is 2.33. The van der Waals surface area contributed by atoms with Gasteiger partial charge >= 0.3 is 0 Å². The van der Waals surface area contributed by atoms with Gasteiger partial charge < -0.3 is 0 Å². The van der Waals surface area contributed by atoms with Gasteiger partial charge in [-0.25, -0.2) is 0 Å². The Morgan fingerprint density at radius 2 is 1.53 bits per heavy atom. The first-order chi connectivity index (χ1) is 7.81. The standard InChI is InChI=1S/C15H28Si2/c1-16(2,3)13-14-17(4,5)15-11-9-7-6-8-10-12-15/h6-7,15H,8-12H2,1-5H3/b7-6-. The Bertz CT molecular complexity index is 323. The van der Waals surface area contributed by atoms with Crippen molar-refractivity contribution in [2.24, 2.45) is 0 Å². The van der Waals surface area contributed by atoms with E-state index >= 15 is 0 Å². The van der Waals surface area contributed by atoms with E-state index in [4.69, 9.17) is 0 Å². The van der Waals surface area contributed by atoms with Crippen LogP contribution in [0.4, 0.5) is 0 Å². The third-order valence-corrected chi connectivity index (χ3v) is 8.07. The van der Waals surface area contributed by atoms with Crippen LogP contribution in [0.2, 0.25) is 38.3 Å². The maximum atomic E-state index is 3.74. The van der Waals surface area contributed by atoms with Gasteiger partial charge in [0.1, 0.15) is 16.1 Å². The van der Waals surface area contributed by atoms with Crippen LogP contribution in [0.25, 0.3) is 0 Å². The predicted molar refractivity (Wildman–Crippen MR) is 84.6 cm³/mol. The molecule has 0 aliphatic heterocycles. The average molecular weight is 265 g/mol. The van der Waals surface area contributed by atoms with E-state index in [-0.39, 0.29) is 0 Å². The van der Waals surface area contributed by atoms with Crippen molar-refractivity contribution in [1.82, 2.24) is 0 Å². The van der Waals surface area contributed by atoms with Gasteiger partial charge in [0.2, 0.25) is 0 Å². The third-order valence-electron chi connectivity index (χ3n) is 3.55. The molecular formula is C15H28Si2. The summed E-state index contributed by atoms with van der Waals surface area (Å²) in [5.41, 5.74) is 8.28. The highest BCUT2D eigenvalue weighted by Crippen LogP contribution is 2.33. The van der Waals surface area contributed by atoms with Crippen LogP contribution in [0.3, 0.4) is 0 Å². The van der Waals surface area contributed by atoms with Crippen molar-refractivity contribution >= 4 is 16.1 Å². The molecule has 1 aliphatic carbocycles. The first-order valence-electron chi connectivity index (χ1n) is 7.01. The van der Waals surface area contributed by atoms with Gasteiger partial charge in [-0.05, 0) is 31.2 Å². The second-order valence-electron chi connectivity index (χ2n) is 6.90. The molecule has 1 aliphatic rings. The minimum atomic E-state index is -1.33. The van der Waals surface area contributed by atoms with E-state index < -0.39 is 16.1 Å². The summed E-state index contributed by atoms with van der Waals surface area (Å²) in [7, 11) is -2.52. The molecule has 0 heterocycles. The Kier molecular flexibility index (Phi) is 5.28. The lowest BCUT2D eigenvalue weighted by Crippen LogP contribution is -2.32. The maximum Gasteiger partial charge on any atom is 0.134 e. The van der Waals surface area contributed by atoms with E-state index in [1.807, 2.05) is 0 Å². The zero-order valence-corrected chi connectivity index (χ0v) is 14.3. The van der Waals surface area contributed by atoms with Crippen LogP contribution in [-0.4, -0.2) is 16.1 Å². The van der Waals surface area contributed by atoms with Crippen molar-refractivity contribution < 1.29 is 0 Å². The lowest BCUT2D eigenvalue weighted by atomic mass is 10.1. The molecule has 0 amide bonds. The molecule has 0 saturated heterocycles. The average Bonchev–Trinajstić information content (AvgIpc) is 2.12. The van der Waals surface area contributed by atoms with Gasteiger partial charge in [0, 0.05) is 0 Å². The quantitative estimate of drug-likeness (QED) is 0.355. The molecule has 0 aromatic carbocycles. The minimum Gasteiger partial charge on any atom is -0.139 e. The smallest absolute Gasteiger partial charge is 0.134 e. The SMILES string of the molecule is C[Si](C)(C)C#C[Si](C)(C)C1CC/C=C\CCC1. The summed E-state index contributed by atoms with van der Waals surface area (Å²) in [6.45, 7) is 12.0. The molecule has 1 rings (SSSR count). The maximum absolute atomic E-state index is 3.74. The highest BCUT2D eigenvalue weighted by atomic mass is 28.3. The van der Waals surface area contributed by atoms with Crippen LogP contribution in [0.5, 0.6) is 0 Å². The Hall–Kier alpha value is -0.266. The van der Waals surface area contributed by atoms with E-state index in [1.54, 1.807) is 0 Å². The normalized spacial score (nSPS) is 24.2. The molecular weight excluding hydrogens is 236 g/mol. The van der Waals surface area contributed by atoms with Crippen LogP contribution in [-0.2, 0) is 0 Å². The lowest BCUT2D eigenvalue weighted by molar-refractivity contribution is 0.622. The second-order valence-corrected chi connectivity index (χ2v) is 16.2. The largest absolute Gasteiger partial charge is 0.139 e. The highest BCUT2D eigenvalue weighted by Gasteiger charge is 2.30. The Morgan fingerprint density at radius 3 is 2.18 bits per heavy atom. The van der Waals surface area contributed by atoms with Crippen molar-refractivity contribution in [2.45, 2.75) is 70.4 Å². The Labute approximate surface area is 110 Å². The molecule has 0 fully saturated rings. The molecule has 0 aromatic heterocycles. The monoisotopic (exact) mass is 264 g/mol. The fourth-order valence-corrected chi connectivity index (χ4v) is 7.14. The van der Waals surface area contributed by atoms with E-state index in [2.05, 4.69) is 56.0 Å². The molecule has 2 heteroatoms. The lowest BCUT2D eigenvalue weighted by Gasteiger charge is -2.29. The second kappa shape index (κ2) is 6.06. The van der Waals surface area contributed by atoms with E-state index in [0.29, 0.717) is 0 Å². The van der Waals surface area contributed by atoms with Gasteiger partial charge in [-0.2, -0.15) is 0 Å². The summed E-state index contributed by atoms with van der Waals surface area (Å²) in [6.07, 6.45) is 11.4. The molecule has 0 nitrogen and oxygen atoms in total. The molecule has 0 saturated carbocycles. The number of allylic oxidation sites excluding steroid dienone is 2. The van der Waals surface area contributed by atoms with Crippen molar-refractivity contribution in [3.05, 3.63) is 12.2 Å².